The molecular weight excluding hydrogens is 244 g/mol. The van der Waals surface area contributed by atoms with Gasteiger partial charge in [0.05, 0.1) is 12.6 Å². The molecule has 106 valence electrons. The molecule has 0 fully saturated rings. The minimum absolute atomic E-state index is 0.0153. The molecule has 6 nitrogen and oxygen atoms in total. The molecule has 19 heavy (non-hydrogen) atoms. The molecule has 0 spiro atoms. The van der Waals surface area contributed by atoms with Crippen LogP contribution in [-0.4, -0.2) is 34.4 Å². The molecule has 0 unspecified atom stereocenters. The number of hydrogen-bond acceptors (Lipinski definition) is 4. The molecule has 1 amide bonds. The number of nitrogens with one attached hydrogen (secondary N) is 1. The summed E-state index contributed by atoms with van der Waals surface area (Å²) >= 11 is 0. The minimum atomic E-state index is -0.165. The maximum absolute atomic E-state index is 11.7. The molecule has 1 aromatic heterocycles. The van der Waals surface area contributed by atoms with Crippen molar-refractivity contribution in [2.75, 3.05) is 13.7 Å². The van der Waals surface area contributed by atoms with E-state index in [4.69, 9.17) is 4.74 Å². The Labute approximate surface area is 113 Å². The number of rotatable bonds is 8. The zero-order valence-corrected chi connectivity index (χ0v) is 11.8. The van der Waals surface area contributed by atoms with E-state index in [1.807, 2.05) is 30.6 Å². The van der Waals surface area contributed by atoms with Crippen LogP contribution < -0.4 is 5.32 Å². The van der Waals surface area contributed by atoms with Gasteiger partial charge in [-0.15, -0.1) is 10.2 Å². The Bertz CT molecular complexity index is 415. The summed E-state index contributed by atoms with van der Waals surface area (Å²) in [6, 6.07) is -0.165. The molecule has 0 aliphatic carbocycles. The normalized spacial score (nSPS) is 12.8. The number of carbonyl (C=O) groups excluding carboxylic acids is 1. The van der Waals surface area contributed by atoms with Crippen LogP contribution >= 0.6 is 0 Å². The van der Waals surface area contributed by atoms with Crippen LogP contribution in [0.2, 0.25) is 0 Å². The second kappa shape index (κ2) is 8.42. The van der Waals surface area contributed by atoms with Crippen molar-refractivity contribution in [2.24, 2.45) is 0 Å². The predicted octanol–water partition coefficient (Wildman–Crippen LogP) is 1.46. The first kappa shape index (κ1) is 15.4. The Kier molecular flexibility index (Phi) is 6.81. The number of allylic oxidation sites excluding steroid dienone is 1. The van der Waals surface area contributed by atoms with Crippen LogP contribution in [0.15, 0.2) is 18.5 Å². The minimum Gasteiger partial charge on any atom is -0.383 e. The van der Waals surface area contributed by atoms with Gasteiger partial charge in [-0.2, -0.15) is 0 Å². The van der Waals surface area contributed by atoms with Crippen LogP contribution in [0.4, 0.5) is 0 Å². The molecule has 0 aliphatic heterocycles. The van der Waals surface area contributed by atoms with Crippen molar-refractivity contribution in [2.45, 2.75) is 39.3 Å². The van der Waals surface area contributed by atoms with Crippen LogP contribution in [-0.2, 0) is 16.1 Å². The summed E-state index contributed by atoms with van der Waals surface area (Å²) < 4.78 is 6.91. The van der Waals surface area contributed by atoms with Crippen LogP contribution in [0, 0.1) is 0 Å². The lowest BCUT2D eigenvalue weighted by molar-refractivity contribution is -0.120. The largest absolute Gasteiger partial charge is 0.383 e. The zero-order chi connectivity index (χ0) is 14.1. The fourth-order valence-corrected chi connectivity index (χ4v) is 1.68. The van der Waals surface area contributed by atoms with Gasteiger partial charge in [0.15, 0.2) is 5.82 Å². The van der Waals surface area contributed by atoms with Crippen LogP contribution in [0.3, 0.4) is 0 Å². The van der Waals surface area contributed by atoms with Gasteiger partial charge in [-0.3, -0.25) is 4.79 Å². The van der Waals surface area contributed by atoms with Gasteiger partial charge < -0.3 is 14.6 Å². The summed E-state index contributed by atoms with van der Waals surface area (Å²) in [5.41, 5.74) is 0. The van der Waals surface area contributed by atoms with E-state index in [1.165, 1.54) is 0 Å². The molecule has 0 radical (unpaired) electrons. The third-order valence-electron chi connectivity index (χ3n) is 2.65. The van der Waals surface area contributed by atoms with Gasteiger partial charge >= 0.3 is 0 Å². The number of carbonyl (C=O) groups is 1. The molecule has 1 aromatic rings. The van der Waals surface area contributed by atoms with Gasteiger partial charge in [0.25, 0.3) is 0 Å². The van der Waals surface area contributed by atoms with E-state index in [0.717, 1.165) is 12.2 Å². The second-order valence-corrected chi connectivity index (χ2v) is 4.25. The molecule has 1 heterocycles. The van der Waals surface area contributed by atoms with E-state index in [-0.39, 0.29) is 11.9 Å². The average molecular weight is 266 g/mol. The second-order valence-electron chi connectivity index (χ2n) is 4.25. The lowest BCUT2D eigenvalue weighted by Gasteiger charge is -2.14. The third-order valence-corrected chi connectivity index (χ3v) is 2.65. The first-order valence-electron chi connectivity index (χ1n) is 6.50. The number of amides is 1. The first-order valence-corrected chi connectivity index (χ1v) is 6.50. The van der Waals surface area contributed by atoms with Crippen molar-refractivity contribution in [1.82, 2.24) is 20.1 Å². The van der Waals surface area contributed by atoms with Gasteiger partial charge in [-0.25, -0.2) is 0 Å². The summed E-state index contributed by atoms with van der Waals surface area (Å²) in [6.45, 7) is 5.20. The summed E-state index contributed by atoms with van der Waals surface area (Å²) in [5, 5.41) is 10.8. The maximum atomic E-state index is 11.7. The molecule has 0 saturated heterocycles. The molecule has 1 atom stereocenters. The predicted molar refractivity (Wildman–Crippen MR) is 72.5 cm³/mol. The number of aromatic nitrogens is 3. The molecule has 0 aromatic carbocycles. The van der Waals surface area contributed by atoms with Gasteiger partial charge in [0.2, 0.25) is 5.91 Å². The Morgan fingerprint density at radius 2 is 2.37 bits per heavy atom. The van der Waals surface area contributed by atoms with Crippen molar-refractivity contribution in [3.05, 3.63) is 24.3 Å². The highest BCUT2D eigenvalue weighted by Crippen LogP contribution is 2.09. The highest BCUT2D eigenvalue weighted by molar-refractivity contribution is 5.77. The number of nitrogens with zero attached hydrogens (tertiary/aromatic N) is 3. The highest BCUT2D eigenvalue weighted by atomic mass is 16.5. The lowest BCUT2D eigenvalue weighted by Crippen LogP contribution is -2.28. The van der Waals surface area contributed by atoms with E-state index in [2.05, 4.69) is 15.5 Å². The molecular formula is C13H22N4O2. The highest BCUT2D eigenvalue weighted by Gasteiger charge is 2.14. The van der Waals surface area contributed by atoms with E-state index in [0.29, 0.717) is 19.6 Å². The van der Waals surface area contributed by atoms with Crippen molar-refractivity contribution < 1.29 is 9.53 Å². The topological polar surface area (TPSA) is 69.0 Å². The zero-order valence-electron chi connectivity index (χ0n) is 11.8. The van der Waals surface area contributed by atoms with E-state index < -0.39 is 0 Å². The maximum Gasteiger partial charge on any atom is 0.224 e. The smallest absolute Gasteiger partial charge is 0.224 e. The third kappa shape index (κ3) is 5.21. The number of ether oxygens (including phenoxy) is 1. The van der Waals surface area contributed by atoms with Crippen LogP contribution in [0.5, 0.6) is 0 Å². The van der Waals surface area contributed by atoms with Crippen LogP contribution in [0.25, 0.3) is 0 Å². The fraction of sp³-hybridized carbons (Fsp3) is 0.615. The summed E-state index contributed by atoms with van der Waals surface area (Å²) in [4.78, 5) is 11.7. The number of hydrogen-bond donors (Lipinski definition) is 1. The monoisotopic (exact) mass is 266 g/mol. The van der Waals surface area contributed by atoms with Gasteiger partial charge in [-0.05, 0) is 13.3 Å². The van der Waals surface area contributed by atoms with Gasteiger partial charge in [0.1, 0.15) is 6.33 Å². The van der Waals surface area contributed by atoms with Crippen molar-refractivity contribution >= 4 is 5.91 Å². The average Bonchev–Trinajstić information content (AvgIpc) is 2.85. The molecule has 6 heteroatoms. The molecule has 0 bridgehead atoms. The van der Waals surface area contributed by atoms with Crippen molar-refractivity contribution in [3.8, 4) is 0 Å². The first-order chi connectivity index (χ1) is 9.19. The lowest BCUT2D eigenvalue weighted by atomic mass is 10.2. The van der Waals surface area contributed by atoms with Crippen molar-refractivity contribution in [3.63, 3.8) is 0 Å². The van der Waals surface area contributed by atoms with E-state index in [9.17, 15) is 4.79 Å². The van der Waals surface area contributed by atoms with Crippen LogP contribution in [0.1, 0.15) is 38.6 Å². The van der Waals surface area contributed by atoms with Crippen molar-refractivity contribution in [1.29, 1.82) is 0 Å². The molecule has 0 aliphatic rings. The molecule has 1 rings (SSSR count). The number of methoxy groups -OCH3 is 1. The Balaban J connectivity index is 2.52. The summed E-state index contributed by atoms with van der Waals surface area (Å²) in [5.74, 6) is 0.725. The Morgan fingerprint density at radius 3 is 3.05 bits per heavy atom. The Hall–Kier alpha value is -1.69. The standard InChI is InChI=1S/C13H22N4O2/c1-4-5-6-7-12(18)15-11(2)13-16-14-10-17(13)8-9-19-3/h5-6,10-11H,4,7-9H2,1-3H3,(H,15,18)/b6-5+/t11-/m0/s1. The van der Waals surface area contributed by atoms with E-state index in [1.54, 1.807) is 13.4 Å². The molecule has 1 N–H and O–H groups in total. The Morgan fingerprint density at radius 1 is 1.58 bits per heavy atom. The summed E-state index contributed by atoms with van der Waals surface area (Å²) in [6.07, 6.45) is 6.83. The van der Waals surface area contributed by atoms with Gasteiger partial charge in [-0.1, -0.05) is 19.1 Å². The quantitative estimate of drug-likeness (QED) is 0.723. The van der Waals surface area contributed by atoms with E-state index >= 15 is 0 Å². The SMILES string of the molecule is CC/C=C/CC(=O)N[C@@H](C)c1nncn1CCOC. The summed E-state index contributed by atoms with van der Waals surface area (Å²) in [7, 11) is 1.65. The van der Waals surface area contributed by atoms with Gasteiger partial charge in [0, 0.05) is 20.1 Å². The molecule has 0 saturated carbocycles. The fourth-order valence-electron chi connectivity index (χ4n) is 1.68.